The van der Waals surface area contributed by atoms with Crippen LogP contribution in [0.25, 0.3) is 0 Å². The average molecular weight is 302 g/mol. The Kier molecular flexibility index (Phi) is 4.44. The highest BCUT2D eigenvalue weighted by molar-refractivity contribution is 5.88. The highest BCUT2D eigenvalue weighted by Gasteiger charge is 2.20. The molecule has 0 aliphatic rings. The van der Waals surface area contributed by atoms with Gasteiger partial charge < -0.3 is 5.32 Å². The van der Waals surface area contributed by atoms with E-state index in [2.05, 4.69) is 46.7 Å². The number of nitrogens with one attached hydrogen (secondary N) is 2. The summed E-state index contributed by atoms with van der Waals surface area (Å²) in [6, 6.07) is 2.91. The van der Waals surface area contributed by atoms with Crippen LogP contribution in [0.5, 0.6) is 0 Å². The molecule has 0 saturated heterocycles. The quantitative estimate of drug-likeness (QED) is 0.912. The van der Waals surface area contributed by atoms with Crippen molar-refractivity contribution in [2.75, 3.05) is 5.32 Å². The minimum absolute atomic E-state index is 0.0926. The van der Waals surface area contributed by atoms with Gasteiger partial charge in [-0.25, -0.2) is 4.79 Å². The topological polar surface area (TPSA) is 84.7 Å². The van der Waals surface area contributed by atoms with E-state index in [0.29, 0.717) is 5.82 Å². The summed E-state index contributed by atoms with van der Waals surface area (Å²) in [5.41, 5.74) is 1.80. The number of urea groups is 1. The van der Waals surface area contributed by atoms with Crippen LogP contribution in [0.2, 0.25) is 0 Å². The molecule has 2 heterocycles. The molecule has 0 unspecified atom stereocenters. The Labute approximate surface area is 130 Å². The number of aryl methyl sites for hydroxylation is 1. The maximum atomic E-state index is 12.0. The van der Waals surface area contributed by atoms with Crippen LogP contribution in [-0.2, 0) is 5.54 Å². The second-order valence-corrected chi connectivity index (χ2v) is 6.21. The molecule has 2 rings (SSSR count). The van der Waals surface area contributed by atoms with E-state index in [-0.39, 0.29) is 17.6 Å². The largest absolute Gasteiger partial charge is 0.331 e. The van der Waals surface area contributed by atoms with Crippen LogP contribution < -0.4 is 10.6 Å². The molecule has 1 atom stereocenters. The lowest BCUT2D eigenvalue weighted by Crippen LogP contribution is -2.31. The molecule has 0 radical (unpaired) electrons. The molecular formula is C15H22N6O. The smallest absolute Gasteiger partial charge is 0.320 e. The van der Waals surface area contributed by atoms with Crippen LogP contribution in [0.15, 0.2) is 24.5 Å². The molecule has 0 fully saturated rings. The van der Waals surface area contributed by atoms with Gasteiger partial charge in [0.2, 0.25) is 0 Å². The van der Waals surface area contributed by atoms with Gasteiger partial charge in [-0.1, -0.05) is 0 Å². The fourth-order valence-electron chi connectivity index (χ4n) is 2.04. The summed E-state index contributed by atoms with van der Waals surface area (Å²) in [6.45, 7) is 10.1. The fraction of sp³-hybridized carbons (Fsp3) is 0.467. The van der Waals surface area contributed by atoms with Crippen molar-refractivity contribution < 1.29 is 4.79 Å². The molecular weight excluding hydrogens is 280 g/mol. The summed E-state index contributed by atoms with van der Waals surface area (Å²) in [6.07, 6.45) is 3.53. The van der Waals surface area contributed by atoms with Gasteiger partial charge in [0.15, 0.2) is 5.82 Å². The van der Waals surface area contributed by atoms with E-state index >= 15 is 0 Å². The Hall–Kier alpha value is -2.44. The third kappa shape index (κ3) is 3.81. The Bertz CT molecular complexity index is 644. The van der Waals surface area contributed by atoms with Crippen molar-refractivity contribution in [2.24, 2.45) is 0 Å². The molecule has 2 aromatic rings. The van der Waals surface area contributed by atoms with Gasteiger partial charge in [-0.05, 0) is 46.8 Å². The van der Waals surface area contributed by atoms with Crippen molar-refractivity contribution in [2.45, 2.75) is 46.2 Å². The first-order chi connectivity index (χ1) is 10.3. The average Bonchev–Trinajstić information content (AvgIpc) is 2.82. The summed E-state index contributed by atoms with van der Waals surface area (Å²) in [5, 5.41) is 17.6. The van der Waals surface area contributed by atoms with E-state index in [0.717, 1.165) is 11.3 Å². The molecule has 0 bridgehead atoms. The van der Waals surface area contributed by atoms with E-state index in [4.69, 9.17) is 0 Å². The van der Waals surface area contributed by atoms with E-state index in [1.165, 1.54) is 0 Å². The Morgan fingerprint density at radius 2 is 2.09 bits per heavy atom. The van der Waals surface area contributed by atoms with Crippen molar-refractivity contribution in [1.29, 1.82) is 0 Å². The van der Waals surface area contributed by atoms with Crippen molar-refractivity contribution in [3.63, 3.8) is 0 Å². The molecule has 0 aliphatic heterocycles. The van der Waals surface area contributed by atoms with Crippen LogP contribution in [0, 0.1) is 6.92 Å². The predicted molar refractivity (Wildman–Crippen MR) is 84.6 cm³/mol. The number of anilines is 1. The van der Waals surface area contributed by atoms with Crippen LogP contribution in [0.1, 0.15) is 45.0 Å². The highest BCUT2D eigenvalue weighted by Crippen LogP contribution is 2.21. The van der Waals surface area contributed by atoms with Crippen LogP contribution in [0.3, 0.4) is 0 Å². The van der Waals surface area contributed by atoms with Crippen molar-refractivity contribution in [3.05, 3.63) is 35.8 Å². The first-order valence-corrected chi connectivity index (χ1v) is 7.19. The molecule has 7 heteroatoms. The lowest BCUT2D eigenvalue weighted by atomic mass is 10.1. The second-order valence-electron chi connectivity index (χ2n) is 6.21. The van der Waals surface area contributed by atoms with E-state index in [1.807, 2.05) is 24.7 Å². The Morgan fingerprint density at radius 3 is 2.64 bits per heavy atom. The third-order valence-corrected chi connectivity index (χ3v) is 3.25. The number of rotatable bonds is 3. The SMILES string of the molecule is Cc1nn(C(C)(C)C)cc1[C@@H](C)NC(=O)Nc1cccnn1. The number of aromatic nitrogens is 4. The normalized spacial score (nSPS) is 12.8. The number of nitrogens with zero attached hydrogens (tertiary/aromatic N) is 4. The van der Waals surface area contributed by atoms with Gasteiger partial charge >= 0.3 is 6.03 Å². The van der Waals surface area contributed by atoms with Gasteiger partial charge in [0, 0.05) is 18.0 Å². The van der Waals surface area contributed by atoms with Crippen LogP contribution in [0.4, 0.5) is 10.6 Å². The molecule has 2 amide bonds. The number of hydrogen-bond donors (Lipinski definition) is 2. The fourth-order valence-corrected chi connectivity index (χ4v) is 2.04. The van der Waals surface area contributed by atoms with Gasteiger partial charge in [-0.3, -0.25) is 10.00 Å². The lowest BCUT2D eigenvalue weighted by Gasteiger charge is -2.19. The van der Waals surface area contributed by atoms with E-state index in [1.54, 1.807) is 18.3 Å². The van der Waals surface area contributed by atoms with Gasteiger partial charge in [-0.2, -0.15) is 10.2 Å². The zero-order valence-corrected chi connectivity index (χ0v) is 13.6. The number of carbonyl (C=O) groups excluding carboxylic acids is 1. The molecule has 2 N–H and O–H groups in total. The predicted octanol–water partition coefficient (Wildman–Crippen LogP) is 2.62. The maximum absolute atomic E-state index is 12.0. The molecule has 118 valence electrons. The number of hydrogen-bond acceptors (Lipinski definition) is 4. The summed E-state index contributed by atoms with van der Waals surface area (Å²) in [4.78, 5) is 12.0. The van der Waals surface area contributed by atoms with Crippen LogP contribution in [-0.4, -0.2) is 26.0 Å². The van der Waals surface area contributed by atoms with Gasteiger partial charge in [0.05, 0.1) is 17.3 Å². The third-order valence-electron chi connectivity index (χ3n) is 3.25. The van der Waals surface area contributed by atoms with E-state index < -0.39 is 0 Å². The van der Waals surface area contributed by atoms with E-state index in [9.17, 15) is 4.79 Å². The summed E-state index contributed by atoms with van der Waals surface area (Å²) in [5.74, 6) is 0.411. The minimum Gasteiger partial charge on any atom is -0.331 e. The highest BCUT2D eigenvalue weighted by atomic mass is 16.2. The van der Waals surface area contributed by atoms with Gasteiger partial charge in [0.25, 0.3) is 0 Å². The number of amides is 2. The first kappa shape index (κ1) is 15.9. The standard InChI is InChI=1S/C15H22N6O/c1-10(12-9-21(15(3,4)5)20-11(12)2)17-14(22)18-13-7-6-8-16-19-13/h6-10H,1-5H3,(H2,17,18,19,22)/t10-/m1/s1. The summed E-state index contributed by atoms with van der Waals surface area (Å²) >= 11 is 0. The molecule has 0 saturated carbocycles. The van der Waals surface area contributed by atoms with Crippen molar-refractivity contribution in [1.82, 2.24) is 25.3 Å². The monoisotopic (exact) mass is 302 g/mol. The molecule has 2 aromatic heterocycles. The maximum Gasteiger partial charge on any atom is 0.320 e. The molecule has 0 spiro atoms. The summed E-state index contributed by atoms with van der Waals surface area (Å²) in [7, 11) is 0. The molecule has 7 nitrogen and oxygen atoms in total. The summed E-state index contributed by atoms with van der Waals surface area (Å²) < 4.78 is 1.91. The second kappa shape index (κ2) is 6.13. The Morgan fingerprint density at radius 1 is 1.36 bits per heavy atom. The number of carbonyl (C=O) groups is 1. The molecule has 0 aromatic carbocycles. The van der Waals surface area contributed by atoms with Gasteiger partial charge in [-0.15, -0.1) is 5.10 Å². The van der Waals surface area contributed by atoms with Gasteiger partial charge in [0.1, 0.15) is 0 Å². The van der Waals surface area contributed by atoms with Crippen molar-refractivity contribution in [3.8, 4) is 0 Å². The zero-order valence-electron chi connectivity index (χ0n) is 13.6. The van der Waals surface area contributed by atoms with Crippen LogP contribution >= 0.6 is 0 Å². The van der Waals surface area contributed by atoms with Crippen molar-refractivity contribution >= 4 is 11.8 Å². The molecule has 22 heavy (non-hydrogen) atoms. The molecule has 0 aliphatic carbocycles. The lowest BCUT2D eigenvalue weighted by molar-refractivity contribution is 0.249. The zero-order chi connectivity index (χ0) is 16.3. The minimum atomic E-state index is -0.323. The Balaban J connectivity index is 2.04. The first-order valence-electron chi connectivity index (χ1n) is 7.19.